The van der Waals surface area contributed by atoms with Crippen LogP contribution in [0, 0.1) is 5.92 Å². The van der Waals surface area contributed by atoms with Crippen LogP contribution in [0.4, 0.5) is 13.2 Å². The van der Waals surface area contributed by atoms with E-state index < -0.39 is 17.3 Å². The van der Waals surface area contributed by atoms with Crippen LogP contribution < -0.4 is 5.73 Å². The Labute approximate surface area is 80.3 Å². The van der Waals surface area contributed by atoms with Crippen LogP contribution in [0.25, 0.3) is 0 Å². The fraction of sp³-hybridized carbons (Fsp3) is 1.00. The van der Waals surface area contributed by atoms with Crippen molar-refractivity contribution in [3.05, 3.63) is 0 Å². The van der Waals surface area contributed by atoms with Crippen molar-refractivity contribution in [3.8, 4) is 0 Å². The highest BCUT2D eigenvalue weighted by Crippen LogP contribution is 2.53. The summed E-state index contributed by atoms with van der Waals surface area (Å²) in [4.78, 5) is 0. The molecule has 0 bridgehead atoms. The molecule has 0 amide bonds. The molecule has 0 aromatic carbocycles. The summed E-state index contributed by atoms with van der Waals surface area (Å²) in [5.74, 6) is -0.158. The molecule has 0 aliphatic heterocycles. The van der Waals surface area contributed by atoms with Gasteiger partial charge in [0.1, 0.15) is 0 Å². The van der Waals surface area contributed by atoms with Crippen molar-refractivity contribution in [1.29, 1.82) is 0 Å². The minimum Gasteiger partial charge on any atom is -0.380 e. The summed E-state index contributed by atoms with van der Waals surface area (Å²) in [5.41, 5.74) is 2.95. The number of rotatable bonds is 1. The zero-order chi connectivity index (χ0) is 10.6. The third-order valence-corrected chi connectivity index (χ3v) is 3.66. The number of hydrogen-bond acceptors (Lipinski definition) is 2. The first-order valence-electron chi connectivity index (χ1n) is 4.85. The minimum absolute atomic E-state index is 0.158. The Morgan fingerprint density at radius 3 is 2.14 bits per heavy atom. The summed E-state index contributed by atoms with van der Waals surface area (Å²) in [6, 6.07) is 0. The van der Waals surface area contributed by atoms with E-state index in [1.54, 1.807) is 0 Å². The first-order chi connectivity index (χ1) is 6.27. The first kappa shape index (κ1) is 10.2. The molecule has 2 aliphatic rings. The SMILES string of the molecule is NC1(C2CCC(O)(C(F)(F)F)C2)CC1. The lowest BCUT2D eigenvalue weighted by Gasteiger charge is -2.27. The fourth-order valence-corrected chi connectivity index (χ4v) is 2.33. The van der Waals surface area contributed by atoms with Crippen molar-refractivity contribution in [3.63, 3.8) is 0 Å². The minimum atomic E-state index is -4.51. The predicted molar refractivity (Wildman–Crippen MR) is 44.5 cm³/mol. The molecule has 2 aliphatic carbocycles. The molecule has 82 valence electrons. The third-order valence-electron chi connectivity index (χ3n) is 3.66. The number of aliphatic hydroxyl groups is 1. The molecule has 2 atom stereocenters. The van der Waals surface area contributed by atoms with Crippen molar-refractivity contribution >= 4 is 0 Å². The molecule has 2 rings (SSSR count). The Morgan fingerprint density at radius 1 is 1.21 bits per heavy atom. The van der Waals surface area contributed by atoms with Crippen molar-refractivity contribution in [1.82, 2.24) is 0 Å². The van der Waals surface area contributed by atoms with Gasteiger partial charge in [0.2, 0.25) is 0 Å². The Kier molecular flexibility index (Phi) is 1.93. The van der Waals surface area contributed by atoms with E-state index in [0.29, 0.717) is 6.42 Å². The molecule has 2 saturated carbocycles. The summed E-state index contributed by atoms with van der Waals surface area (Å²) in [5, 5.41) is 9.41. The molecule has 0 spiro atoms. The smallest absolute Gasteiger partial charge is 0.380 e. The van der Waals surface area contributed by atoms with Gasteiger partial charge in [0.05, 0.1) is 0 Å². The lowest BCUT2D eigenvalue weighted by Crippen LogP contribution is -2.44. The van der Waals surface area contributed by atoms with Gasteiger partial charge in [-0.1, -0.05) is 0 Å². The van der Waals surface area contributed by atoms with E-state index in [0.717, 1.165) is 12.8 Å². The molecule has 2 unspecified atom stereocenters. The van der Waals surface area contributed by atoms with Crippen LogP contribution in [0.3, 0.4) is 0 Å². The standard InChI is InChI=1S/C9H14F3NO/c10-9(11,12)8(14)2-1-6(5-8)7(13)3-4-7/h6,14H,1-5,13H2. The highest BCUT2D eigenvalue weighted by molar-refractivity contribution is 5.10. The van der Waals surface area contributed by atoms with Crippen molar-refractivity contribution in [2.45, 2.75) is 49.4 Å². The molecule has 2 fully saturated rings. The van der Waals surface area contributed by atoms with Crippen LogP contribution in [0.15, 0.2) is 0 Å². The number of hydrogen-bond donors (Lipinski definition) is 2. The zero-order valence-corrected chi connectivity index (χ0v) is 7.77. The normalized spacial score (nSPS) is 41.4. The van der Waals surface area contributed by atoms with Gasteiger partial charge in [-0.15, -0.1) is 0 Å². The second kappa shape index (κ2) is 2.64. The van der Waals surface area contributed by atoms with Gasteiger partial charge >= 0.3 is 6.18 Å². The molecule has 2 nitrogen and oxygen atoms in total. The zero-order valence-electron chi connectivity index (χ0n) is 7.77. The summed E-state index contributed by atoms with van der Waals surface area (Å²) in [7, 11) is 0. The van der Waals surface area contributed by atoms with E-state index in [2.05, 4.69) is 0 Å². The predicted octanol–water partition coefficient (Wildman–Crippen LogP) is 1.57. The molecular weight excluding hydrogens is 195 g/mol. The summed E-state index contributed by atoms with van der Waals surface area (Å²) >= 11 is 0. The molecule has 14 heavy (non-hydrogen) atoms. The third kappa shape index (κ3) is 1.42. The van der Waals surface area contributed by atoms with Gasteiger partial charge in [-0.3, -0.25) is 0 Å². The summed E-state index contributed by atoms with van der Waals surface area (Å²) < 4.78 is 37.3. The van der Waals surface area contributed by atoms with Gasteiger partial charge in [-0.05, 0) is 38.0 Å². The largest absolute Gasteiger partial charge is 0.417 e. The first-order valence-corrected chi connectivity index (χ1v) is 4.85. The number of halogens is 3. The van der Waals surface area contributed by atoms with Gasteiger partial charge in [-0.2, -0.15) is 13.2 Å². The molecule has 0 radical (unpaired) electrons. The van der Waals surface area contributed by atoms with Gasteiger partial charge in [0.25, 0.3) is 0 Å². The molecule has 0 saturated heterocycles. The van der Waals surface area contributed by atoms with E-state index >= 15 is 0 Å². The second-order valence-corrected chi connectivity index (χ2v) is 4.70. The maximum Gasteiger partial charge on any atom is 0.417 e. The van der Waals surface area contributed by atoms with Crippen LogP contribution in [-0.4, -0.2) is 22.4 Å². The maximum absolute atomic E-state index is 12.4. The lowest BCUT2D eigenvalue weighted by atomic mass is 9.93. The molecule has 0 heterocycles. The average molecular weight is 209 g/mol. The topological polar surface area (TPSA) is 46.2 Å². The van der Waals surface area contributed by atoms with Crippen molar-refractivity contribution in [2.75, 3.05) is 0 Å². The highest BCUT2D eigenvalue weighted by Gasteiger charge is 2.61. The van der Waals surface area contributed by atoms with Gasteiger partial charge in [0, 0.05) is 5.54 Å². The Bertz CT molecular complexity index is 249. The van der Waals surface area contributed by atoms with E-state index in [4.69, 9.17) is 5.73 Å². The van der Waals surface area contributed by atoms with Crippen LogP contribution in [-0.2, 0) is 0 Å². The molecule has 0 aromatic heterocycles. The van der Waals surface area contributed by atoms with E-state index in [9.17, 15) is 18.3 Å². The monoisotopic (exact) mass is 209 g/mol. The Morgan fingerprint density at radius 2 is 1.79 bits per heavy atom. The Hall–Kier alpha value is -0.290. The van der Waals surface area contributed by atoms with Gasteiger partial charge < -0.3 is 10.8 Å². The average Bonchev–Trinajstić information content (AvgIpc) is 2.61. The highest BCUT2D eigenvalue weighted by atomic mass is 19.4. The molecule has 3 N–H and O–H groups in total. The molecule has 5 heteroatoms. The summed E-state index contributed by atoms with van der Waals surface area (Å²) in [6.07, 6.45) is -2.93. The molecular formula is C9H14F3NO. The quantitative estimate of drug-likeness (QED) is 0.688. The lowest BCUT2D eigenvalue weighted by molar-refractivity contribution is -0.258. The second-order valence-electron chi connectivity index (χ2n) is 4.70. The fourth-order valence-electron chi connectivity index (χ4n) is 2.33. The van der Waals surface area contributed by atoms with Gasteiger partial charge in [-0.25, -0.2) is 0 Å². The van der Waals surface area contributed by atoms with E-state index in [-0.39, 0.29) is 18.8 Å². The van der Waals surface area contributed by atoms with Crippen LogP contribution in [0.5, 0.6) is 0 Å². The number of nitrogens with two attached hydrogens (primary N) is 1. The summed E-state index contributed by atoms with van der Waals surface area (Å²) in [6.45, 7) is 0. The van der Waals surface area contributed by atoms with Crippen LogP contribution in [0.2, 0.25) is 0 Å². The van der Waals surface area contributed by atoms with Gasteiger partial charge in [0.15, 0.2) is 5.60 Å². The van der Waals surface area contributed by atoms with Crippen molar-refractivity contribution < 1.29 is 18.3 Å². The molecule has 0 aromatic rings. The Balaban J connectivity index is 2.07. The van der Waals surface area contributed by atoms with Crippen LogP contribution in [0.1, 0.15) is 32.1 Å². The van der Waals surface area contributed by atoms with Crippen LogP contribution >= 0.6 is 0 Å². The van der Waals surface area contributed by atoms with E-state index in [1.807, 2.05) is 0 Å². The number of alkyl halides is 3. The maximum atomic E-state index is 12.4. The van der Waals surface area contributed by atoms with E-state index in [1.165, 1.54) is 0 Å². The van der Waals surface area contributed by atoms with Crippen molar-refractivity contribution in [2.24, 2.45) is 11.7 Å².